The van der Waals surface area contributed by atoms with Gasteiger partial charge in [0.05, 0.1) is 0 Å². The molecular weight excluding hydrogens is 440 g/mol. The second kappa shape index (κ2) is 16.5. The summed E-state index contributed by atoms with van der Waals surface area (Å²) in [7, 11) is 0. The van der Waals surface area contributed by atoms with Crippen molar-refractivity contribution >= 4 is 17.2 Å². The van der Waals surface area contributed by atoms with E-state index in [1.54, 1.807) is 0 Å². The Hall–Kier alpha value is -3.10. The monoisotopic (exact) mass is 486 g/mol. The Balaban J connectivity index is 0.000000725. The molecule has 4 rings (SSSR count). The van der Waals surface area contributed by atoms with Gasteiger partial charge in [-0.2, -0.15) is 0 Å². The van der Waals surface area contributed by atoms with Crippen molar-refractivity contribution in [3.8, 4) is 5.75 Å². The summed E-state index contributed by atoms with van der Waals surface area (Å²) in [4.78, 5) is 0. The van der Waals surface area contributed by atoms with Crippen LogP contribution in [-0.4, -0.2) is 16.8 Å². The molecule has 0 fully saturated rings. The summed E-state index contributed by atoms with van der Waals surface area (Å²) in [6.45, 7) is 18.3. The molecule has 0 heterocycles. The first-order chi connectivity index (χ1) is 17.5. The number of rotatable bonds is 4. The van der Waals surface area contributed by atoms with Crippen LogP contribution in [0.2, 0.25) is 0 Å². The molecule has 3 aromatic rings. The number of aliphatic hydroxyl groups is 1. The summed E-state index contributed by atoms with van der Waals surface area (Å²) in [5.41, 5.74) is 10.7. The van der Waals surface area contributed by atoms with Crippen LogP contribution in [0.5, 0.6) is 5.75 Å². The second-order valence-corrected chi connectivity index (χ2v) is 8.44. The Morgan fingerprint density at radius 2 is 1.39 bits per heavy atom. The van der Waals surface area contributed by atoms with Gasteiger partial charge in [-0.25, -0.2) is 0 Å². The molecule has 0 bridgehead atoms. The summed E-state index contributed by atoms with van der Waals surface area (Å²) in [6, 6.07) is 21.4. The number of aliphatic hydroxyl groups excluding tert-OH is 1. The quantitative estimate of drug-likeness (QED) is 0.385. The van der Waals surface area contributed by atoms with E-state index in [1.165, 1.54) is 33.4 Å². The molecule has 2 nitrogen and oxygen atoms in total. The lowest BCUT2D eigenvalue weighted by molar-refractivity contribution is 0.295. The van der Waals surface area contributed by atoms with Crippen LogP contribution < -0.4 is 0 Å². The molecule has 2 N–H and O–H groups in total. The molecule has 0 saturated carbocycles. The van der Waals surface area contributed by atoms with Gasteiger partial charge in [0.1, 0.15) is 5.75 Å². The molecule has 194 valence electrons. The fourth-order valence-electron chi connectivity index (χ4n) is 4.15. The van der Waals surface area contributed by atoms with Gasteiger partial charge in [-0.05, 0) is 84.6 Å². The van der Waals surface area contributed by atoms with E-state index in [2.05, 4.69) is 68.1 Å². The Labute approximate surface area is 220 Å². The molecule has 0 saturated heterocycles. The number of aromatic hydroxyl groups is 1. The second-order valence-electron chi connectivity index (χ2n) is 8.44. The summed E-state index contributed by atoms with van der Waals surface area (Å²) in [6.07, 6.45) is 5.82. The van der Waals surface area contributed by atoms with Crippen LogP contribution in [-0.2, 0) is 6.42 Å². The zero-order valence-electron chi connectivity index (χ0n) is 23.5. The van der Waals surface area contributed by atoms with Gasteiger partial charge in [-0.1, -0.05) is 107 Å². The summed E-state index contributed by atoms with van der Waals surface area (Å²) < 4.78 is 0. The standard InChI is InChI=1S/C27H26O.C3H8O.2C2H6/c1-4-20-11-15-23-22(17-20)6-5-7-25(24-14-10-19(3)16-26(24)28)27(23)21-12-8-18(2)9-13-21;1-2-3-4;2*1-2/h4,8-17,28H,1,5-7H2,2-3H3;4H,2-3H2,1H3;2*1-2H3. The SMILES string of the molecule is C=Cc1ccc2c(c1)CCCC(c1ccc(C)cc1O)=C2c1ccc(C)cc1.CC.CC.CCCO. The van der Waals surface area contributed by atoms with Gasteiger partial charge < -0.3 is 10.2 Å². The normalized spacial score (nSPS) is 11.9. The molecule has 1 aliphatic carbocycles. The third kappa shape index (κ3) is 8.24. The average molecular weight is 487 g/mol. The number of allylic oxidation sites excluding steroid dienone is 1. The molecule has 0 unspecified atom stereocenters. The van der Waals surface area contributed by atoms with Crippen molar-refractivity contribution in [1.82, 2.24) is 0 Å². The lowest BCUT2D eigenvalue weighted by Gasteiger charge is -2.18. The average Bonchev–Trinajstić information content (AvgIpc) is 3.10. The number of phenols is 1. The van der Waals surface area contributed by atoms with Crippen LogP contribution >= 0.6 is 0 Å². The van der Waals surface area contributed by atoms with Gasteiger partial charge in [-0.15, -0.1) is 0 Å². The largest absolute Gasteiger partial charge is 0.507 e. The van der Waals surface area contributed by atoms with E-state index in [1.807, 2.05) is 53.7 Å². The molecule has 0 amide bonds. The van der Waals surface area contributed by atoms with E-state index in [0.717, 1.165) is 42.4 Å². The van der Waals surface area contributed by atoms with Crippen molar-refractivity contribution in [2.75, 3.05) is 6.61 Å². The molecule has 1 aliphatic rings. The lowest BCUT2D eigenvalue weighted by atomic mass is 9.86. The maximum Gasteiger partial charge on any atom is 0.123 e. The van der Waals surface area contributed by atoms with E-state index < -0.39 is 0 Å². The Morgan fingerprint density at radius 1 is 0.806 bits per heavy atom. The van der Waals surface area contributed by atoms with Crippen LogP contribution in [0, 0.1) is 13.8 Å². The smallest absolute Gasteiger partial charge is 0.123 e. The molecule has 0 aliphatic heterocycles. The molecule has 36 heavy (non-hydrogen) atoms. The minimum absolute atomic E-state index is 0.319. The maximum atomic E-state index is 10.7. The number of hydrogen-bond acceptors (Lipinski definition) is 2. The molecule has 0 aromatic heterocycles. The number of phenolic OH excluding ortho intramolecular Hbond substituents is 1. The van der Waals surface area contributed by atoms with Gasteiger partial charge in [-0.3, -0.25) is 0 Å². The van der Waals surface area contributed by atoms with Crippen molar-refractivity contribution in [3.05, 3.63) is 106 Å². The summed E-state index contributed by atoms with van der Waals surface area (Å²) in [5, 5.41) is 18.6. The summed E-state index contributed by atoms with van der Waals surface area (Å²) in [5.74, 6) is 0.366. The van der Waals surface area contributed by atoms with Gasteiger partial charge in [0.25, 0.3) is 0 Å². The Bertz CT molecular complexity index is 1100. The number of fused-ring (bicyclic) bond motifs is 1. The van der Waals surface area contributed by atoms with Gasteiger partial charge in [0.2, 0.25) is 0 Å². The van der Waals surface area contributed by atoms with E-state index in [9.17, 15) is 5.11 Å². The number of aryl methyl sites for hydroxylation is 3. The van der Waals surface area contributed by atoms with E-state index in [-0.39, 0.29) is 0 Å². The first-order valence-corrected chi connectivity index (χ1v) is 13.4. The fraction of sp³-hybridized carbons (Fsp3) is 0.353. The molecule has 0 radical (unpaired) electrons. The zero-order chi connectivity index (χ0) is 27.1. The molecular formula is C34H46O2. The van der Waals surface area contributed by atoms with E-state index in [0.29, 0.717) is 12.4 Å². The predicted octanol–water partition coefficient (Wildman–Crippen LogP) is 9.39. The van der Waals surface area contributed by atoms with Crippen molar-refractivity contribution in [2.45, 2.75) is 74.1 Å². The van der Waals surface area contributed by atoms with Crippen molar-refractivity contribution in [2.24, 2.45) is 0 Å². The summed E-state index contributed by atoms with van der Waals surface area (Å²) >= 11 is 0. The minimum atomic E-state index is 0.319. The van der Waals surface area contributed by atoms with E-state index in [4.69, 9.17) is 5.11 Å². The highest BCUT2D eigenvalue weighted by atomic mass is 16.3. The van der Waals surface area contributed by atoms with Crippen LogP contribution in [0.3, 0.4) is 0 Å². The van der Waals surface area contributed by atoms with Crippen molar-refractivity contribution in [3.63, 3.8) is 0 Å². The fourth-order valence-corrected chi connectivity index (χ4v) is 4.15. The molecule has 0 spiro atoms. The van der Waals surface area contributed by atoms with Gasteiger partial charge in [0, 0.05) is 12.2 Å². The van der Waals surface area contributed by atoms with Gasteiger partial charge in [0.15, 0.2) is 0 Å². The molecule has 2 heteroatoms. The first-order valence-electron chi connectivity index (χ1n) is 13.4. The topological polar surface area (TPSA) is 40.5 Å². The predicted molar refractivity (Wildman–Crippen MR) is 159 cm³/mol. The Morgan fingerprint density at radius 3 is 1.94 bits per heavy atom. The first kappa shape index (κ1) is 30.9. The Kier molecular flexibility index (Phi) is 14.2. The maximum absolute atomic E-state index is 10.7. The van der Waals surface area contributed by atoms with Crippen molar-refractivity contribution < 1.29 is 10.2 Å². The third-order valence-corrected chi connectivity index (χ3v) is 5.85. The number of hydrogen-bond donors (Lipinski definition) is 2. The van der Waals surface area contributed by atoms with Crippen LogP contribution in [0.1, 0.15) is 92.8 Å². The van der Waals surface area contributed by atoms with E-state index >= 15 is 0 Å². The van der Waals surface area contributed by atoms with Gasteiger partial charge >= 0.3 is 0 Å². The molecule has 0 atom stereocenters. The molecule has 3 aromatic carbocycles. The van der Waals surface area contributed by atoms with Crippen LogP contribution in [0.25, 0.3) is 17.2 Å². The zero-order valence-corrected chi connectivity index (χ0v) is 23.5. The third-order valence-electron chi connectivity index (χ3n) is 5.85. The highest BCUT2D eigenvalue weighted by Gasteiger charge is 2.21. The van der Waals surface area contributed by atoms with Crippen molar-refractivity contribution in [1.29, 1.82) is 0 Å². The number of benzene rings is 3. The van der Waals surface area contributed by atoms with Crippen LogP contribution in [0.4, 0.5) is 0 Å². The highest BCUT2D eigenvalue weighted by molar-refractivity contribution is 6.01. The van der Waals surface area contributed by atoms with Crippen LogP contribution in [0.15, 0.2) is 67.2 Å². The lowest BCUT2D eigenvalue weighted by Crippen LogP contribution is -1.97. The highest BCUT2D eigenvalue weighted by Crippen LogP contribution is 2.42. The minimum Gasteiger partial charge on any atom is -0.507 e.